The Morgan fingerprint density at radius 1 is 1.12 bits per heavy atom. The van der Waals surface area contributed by atoms with Crippen molar-refractivity contribution >= 4 is 11.6 Å². The normalized spacial score (nSPS) is 29.8. The van der Waals surface area contributed by atoms with Gasteiger partial charge >= 0.3 is 0 Å². The van der Waals surface area contributed by atoms with Gasteiger partial charge in [-0.2, -0.15) is 0 Å². The van der Waals surface area contributed by atoms with Crippen LogP contribution in [-0.2, 0) is 0 Å². The fraction of sp³-hybridized carbons (Fsp3) is 0.667. The van der Waals surface area contributed by atoms with E-state index in [-0.39, 0.29) is 36.6 Å². The maximum absolute atomic E-state index is 12.6. The average Bonchev–Trinajstić information content (AvgIpc) is 3.14. The maximum atomic E-state index is 12.6. The number of rotatable bonds is 6. The first-order valence-electron chi connectivity index (χ1n) is 8.91. The molecule has 24 heavy (non-hydrogen) atoms. The smallest absolute Gasteiger partial charge is 0.180 e. The van der Waals surface area contributed by atoms with Crippen LogP contribution in [0.1, 0.15) is 54.6 Å². The summed E-state index contributed by atoms with van der Waals surface area (Å²) in [4.78, 5) is 17.1. The lowest BCUT2D eigenvalue weighted by Gasteiger charge is -2.20. The lowest BCUT2D eigenvalue weighted by atomic mass is 10.1. The van der Waals surface area contributed by atoms with Crippen molar-refractivity contribution in [2.75, 3.05) is 11.9 Å². The third kappa shape index (κ3) is 3.94. The van der Waals surface area contributed by atoms with E-state index in [0.717, 1.165) is 44.2 Å². The number of nitrogens with zero attached hydrogens (tertiary/aromatic N) is 1. The molecule has 1 aromatic rings. The lowest BCUT2D eigenvalue weighted by molar-refractivity contribution is 0.0970. The topological polar surface area (TPSA) is 94.5 Å². The number of carbonyl (C=O) groups excluding carboxylic acids is 1. The first-order chi connectivity index (χ1) is 11.5. The fourth-order valence-electron chi connectivity index (χ4n) is 3.67. The Balaban J connectivity index is 1.68. The van der Waals surface area contributed by atoms with Gasteiger partial charge in [-0.3, -0.25) is 4.79 Å². The molecule has 2 aliphatic rings. The molecule has 2 fully saturated rings. The zero-order valence-electron chi connectivity index (χ0n) is 14.2. The maximum Gasteiger partial charge on any atom is 0.180 e. The first-order valence-corrected chi connectivity index (χ1v) is 8.91. The third-order valence-corrected chi connectivity index (χ3v) is 5.14. The number of aryl methyl sites for hydroxylation is 1. The molecule has 6 nitrogen and oxygen atoms in total. The summed E-state index contributed by atoms with van der Waals surface area (Å²) >= 11 is 0. The second-order valence-corrected chi connectivity index (χ2v) is 7.01. The molecule has 0 spiro atoms. The predicted octanol–water partition coefficient (Wildman–Crippen LogP) is 1.40. The van der Waals surface area contributed by atoms with Crippen LogP contribution in [0.4, 0.5) is 5.82 Å². The third-order valence-electron chi connectivity index (χ3n) is 5.14. The van der Waals surface area contributed by atoms with Gasteiger partial charge < -0.3 is 20.8 Å². The van der Waals surface area contributed by atoms with Crippen LogP contribution in [0.15, 0.2) is 12.1 Å². The zero-order chi connectivity index (χ0) is 17.1. The molecule has 6 heteroatoms. The summed E-state index contributed by atoms with van der Waals surface area (Å²) in [5, 5.41) is 26.3. The number of hydrogen-bond acceptors (Lipinski definition) is 6. The molecule has 0 bridgehead atoms. The number of ketones is 1. The Morgan fingerprint density at radius 2 is 1.79 bits per heavy atom. The monoisotopic (exact) mass is 333 g/mol. The Hall–Kier alpha value is -1.50. The number of aliphatic hydroxyl groups is 2. The van der Waals surface area contributed by atoms with E-state index in [2.05, 4.69) is 15.6 Å². The highest BCUT2D eigenvalue weighted by atomic mass is 16.3. The molecule has 1 aromatic heterocycles. The average molecular weight is 333 g/mol. The van der Waals surface area contributed by atoms with E-state index in [1.807, 2.05) is 13.0 Å². The number of pyridine rings is 1. The quantitative estimate of drug-likeness (QED) is 0.588. The van der Waals surface area contributed by atoms with Crippen LogP contribution in [0.2, 0.25) is 0 Å². The van der Waals surface area contributed by atoms with Crippen molar-refractivity contribution < 1.29 is 15.0 Å². The van der Waals surface area contributed by atoms with Crippen molar-refractivity contribution in [3.05, 3.63) is 23.4 Å². The van der Waals surface area contributed by atoms with Gasteiger partial charge in [0, 0.05) is 11.7 Å². The predicted molar refractivity (Wildman–Crippen MR) is 92.2 cm³/mol. The molecule has 0 amide bonds. The molecule has 0 aromatic carbocycles. The van der Waals surface area contributed by atoms with Crippen molar-refractivity contribution in [2.45, 2.75) is 69.7 Å². The summed E-state index contributed by atoms with van der Waals surface area (Å²) in [7, 11) is 0. The van der Waals surface area contributed by atoms with Crippen LogP contribution in [0, 0.1) is 6.92 Å². The van der Waals surface area contributed by atoms with Crippen LogP contribution in [-0.4, -0.2) is 51.8 Å². The summed E-state index contributed by atoms with van der Waals surface area (Å²) in [5.74, 6) is 0.510. The molecule has 2 saturated carbocycles. The van der Waals surface area contributed by atoms with Gasteiger partial charge in [-0.25, -0.2) is 4.98 Å². The van der Waals surface area contributed by atoms with Crippen LogP contribution >= 0.6 is 0 Å². The van der Waals surface area contributed by atoms with Crippen molar-refractivity contribution in [1.29, 1.82) is 0 Å². The first kappa shape index (κ1) is 17.3. The van der Waals surface area contributed by atoms with Crippen molar-refractivity contribution in [1.82, 2.24) is 10.3 Å². The van der Waals surface area contributed by atoms with E-state index in [0.29, 0.717) is 11.4 Å². The van der Waals surface area contributed by atoms with Crippen LogP contribution in [0.3, 0.4) is 0 Å². The summed E-state index contributed by atoms with van der Waals surface area (Å²) in [5.41, 5.74) is 1.38. The van der Waals surface area contributed by atoms with Gasteiger partial charge in [-0.15, -0.1) is 0 Å². The number of aromatic nitrogens is 1. The number of Topliss-reactive ketones (excluding diaryl/α,β-unsaturated/α-hetero) is 1. The van der Waals surface area contributed by atoms with E-state index in [4.69, 9.17) is 0 Å². The number of carbonyl (C=O) groups is 1. The standard InChI is InChI=1S/C18H27N3O3/c1-11-8-9-12(17(24)10-19-13-4-2-6-15(13)22)18(20-11)21-14-5-3-7-16(14)23/h8-9,13-16,19,22-23H,2-7,10H2,1H3,(H,20,21)/t13-,14-,15-,16-/m1/s1. The highest BCUT2D eigenvalue weighted by molar-refractivity contribution is 6.01. The van der Waals surface area contributed by atoms with Gasteiger partial charge in [0.25, 0.3) is 0 Å². The van der Waals surface area contributed by atoms with Crippen LogP contribution in [0.25, 0.3) is 0 Å². The van der Waals surface area contributed by atoms with Crippen molar-refractivity contribution in [3.8, 4) is 0 Å². The van der Waals surface area contributed by atoms with Gasteiger partial charge in [-0.05, 0) is 57.6 Å². The molecule has 1 heterocycles. The van der Waals surface area contributed by atoms with Crippen molar-refractivity contribution in [3.63, 3.8) is 0 Å². The Kier molecular flexibility index (Phi) is 5.48. The number of aliphatic hydroxyl groups excluding tert-OH is 2. The summed E-state index contributed by atoms with van der Waals surface area (Å²) in [6.07, 6.45) is 4.59. The van der Waals surface area contributed by atoms with E-state index in [9.17, 15) is 15.0 Å². The minimum Gasteiger partial charge on any atom is -0.392 e. The van der Waals surface area contributed by atoms with E-state index < -0.39 is 0 Å². The summed E-state index contributed by atoms with van der Waals surface area (Å²) < 4.78 is 0. The molecular weight excluding hydrogens is 306 g/mol. The van der Waals surface area contributed by atoms with Gasteiger partial charge in [-0.1, -0.05) is 0 Å². The fourth-order valence-corrected chi connectivity index (χ4v) is 3.67. The minimum absolute atomic E-state index is 0.000390. The molecule has 0 aliphatic heterocycles. The molecule has 0 saturated heterocycles. The summed E-state index contributed by atoms with van der Waals surface area (Å²) in [6.45, 7) is 2.08. The highest BCUT2D eigenvalue weighted by Gasteiger charge is 2.28. The molecule has 0 radical (unpaired) electrons. The minimum atomic E-state index is -0.387. The van der Waals surface area contributed by atoms with Gasteiger partial charge in [0.2, 0.25) is 0 Å². The van der Waals surface area contributed by atoms with E-state index >= 15 is 0 Å². The second kappa shape index (κ2) is 7.59. The number of nitrogens with one attached hydrogen (secondary N) is 2. The molecule has 4 N–H and O–H groups in total. The summed E-state index contributed by atoms with van der Waals surface area (Å²) in [6, 6.07) is 3.57. The van der Waals surface area contributed by atoms with Gasteiger partial charge in [0.1, 0.15) is 5.82 Å². The molecule has 132 valence electrons. The Bertz CT molecular complexity index is 593. The second-order valence-electron chi connectivity index (χ2n) is 7.01. The number of anilines is 1. The highest BCUT2D eigenvalue weighted by Crippen LogP contribution is 2.25. The molecule has 3 rings (SSSR count). The molecular formula is C18H27N3O3. The Morgan fingerprint density at radius 3 is 2.42 bits per heavy atom. The largest absolute Gasteiger partial charge is 0.392 e. The Labute approximate surface area is 142 Å². The molecule has 2 aliphatic carbocycles. The SMILES string of the molecule is Cc1ccc(C(=O)CN[C@@H]2CCC[C@H]2O)c(N[C@@H]2CCC[C@H]2O)n1. The lowest BCUT2D eigenvalue weighted by Crippen LogP contribution is -2.39. The molecule has 0 unspecified atom stereocenters. The van der Waals surface area contributed by atoms with Crippen LogP contribution < -0.4 is 10.6 Å². The van der Waals surface area contributed by atoms with E-state index in [1.165, 1.54) is 0 Å². The number of hydrogen-bond donors (Lipinski definition) is 4. The van der Waals surface area contributed by atoms with Gasteiger partial charge in [0.05, 0.1) is 30.4 Å². The van der Waals surface area contributed by atoms with Crippen LogP contribution in [0.5, 0.6) is 0 Å². The van der Waals surface area contributed by atoms with Gasteiger partial charge in [0.15, 0.2) is 5.78 Å². The van der Waals surface area contributed by atoms with E-state index in [1.54, 1.807) is 6.07 Å². The zero-order valence-corrected chi connectivity index (χ0v) is 14.2. The van der Waals surface area contributed by atoms with Crippen molar-refractivity contribution in [2.24, 2.45) is 0 Å². The molecule has 4 atom stereocenters.